The number of amidine groups is 1. The average Bonchev–Trinajstić information content (AvgIpc) is 2.29. The van der Waals surface area contributed by atoms with Crippen LogP contribution in [0, 0.1) is 5.41 Å². The van der Waals surface area contributed by atoms with Crippen LogP contribution in [0.5, 0.6) is 0 Å². The molecule has 0 aromatic heterocycles. The minimum absolute atomic E-state index is 0.0684. The molecular formula is C11H13N5. The molecule has 0 bridgehead atoms. The van der Waals surface area contributed by atoms with Gasteiger partial charge in [0.25, 0.3) is 0 Å². The van der Waals surface area contributed by atoms with Crippen molar-refractivity contribution in [1.82, 2.24) is 0 Å². The molecule has 0 atom stereocenters. The van der Waals surface area contributed by atoms with Crippen LogP contribution < -0.4 is 5.73 Å². The molecule has 0 saturated heterocycles. The van der Waals surface area contributed by atoms with Crippen LogP contribution in [0.25, 0.3) is 16.5 Å². The van der Waals surface area contributed by atoms with Crippen molar-refractivity contribution in [2.45, 2.75) is 6.42 Å². The lowest BCUT2D eigenvalue weighted by Crippen LogP contribution is -2.10. The molecule has 0 heterocycles. The number of nitrogens with two attached hydrogens (primary N) is 1. The van der Waals surface area contributed by atoms with Gasteiger partial charge in [-0.15, -0.1) is 0 Å². The van der Waals surface area contributed by atoms with Gasteiger partial charge in [-0.2, -0.15) is 0 Å². The minimum Gasteiger partial charge on any atom is -0.384 e. The summed E-state index contributed by atoms with van der Waals surface area (Å²) in [5.41, 5.74) is 15.2. The summed E-state index contributed by atoms with van der Waals surface area (Å²) >= 11 is 0. The number of azide groups is 1. The predicted octanol–water partition coefficient (Wildman–Crippen LogP) is 2.68. The van der Waals surface area contributed by atoms with E-state index in [0.29, 0.717) is 12.1 Å². The van der Waals surface area contributed by atoms with Gasteiger partial charge in [0.15, 0.2) is 0 Å². The Hall–Kier alpha value is -2.26. The van der Waals surface area contributed by atoms with Crippen molar-refractivity contribution >= 4 is 11.9 Å². The van der Waals surface area contributed by atoms with Crippen molar-refractivity contribution in [3.63, 3.8) is 0 Å². The fourth-order valence-corrected chi connectivity index (χ4v) is 1.17. The standard InChI is InChI=1S/C11H13N5/c12-11(13)10-6-4-9(5-7-10)3-1-2-8-15-16-14/h1,3-7H,2,8H2,(H3,12,13). The molecule has 0 aliphatic heterocycles. The fraction of sp³-hybridized carbons (Fsp3) is 0.182. The van der Waals surface area contributed by atoms with E-state index in [1.165, 1.54) is 0 Å². The largest absolute Gasteiger partial charge is 0.384 e. The molecule has 0 amide bonds. The highest BCUT2D eigenvalue weighted by Crippen LogP contribution is 2.06. The zero-order valence-electron chi connectivity index (χ0n) is 8.80. The Morgan fingerprint density at radius 2 is 2.12 bits per heavy atom. The molecule has 0 spiro atoms. The molecule has 0 aliphatic rings. The first-order valence-electron chi connectivity index (χ1n) is 4.86. The molecule has 0 saturated carbocycles. The molecule has 82 valence electrons. The van der Waals surface area contributed by atoms with Gasteiger partial charge in [0.1, 0.15) is 5.84 Å². The second-order valence-electron chi connectivity index (χ2n) is 3.18. The molecule has 0 aliphatic carbocycles. The molecule has 3 N–H and O–H groups in total. The van der Waals surface area contributed by atoms with Crippen LogP contribution in [-0.2, 0) is 0 Å². The van der Waals surface area contributed by atoms with Crippen molar-refractivity contribution in [2.24, 2.45) is 10.8 Å². The summed E-state index contributed by atoms with van der Waals surface area (Å²) in [7, 11) is 0. The Labute approximate surface area is 93.7 Å². The maximum Gasteiger partial charge on any atom is 0.122 e. The van der Waals surface area contributed by atoms with Crippen LogP contribution in [0.3, 0.4) is 0 Å². The average molecular weight is 215 g/mol. The maximum absolute atomic E-state index is 8.07. The summed E-state index contributed by atoms with van der Waals surface area (Å²) in [5.74, 6) is 0.0684. The van der Waals surface area contributed by atoms with Gasteiger partial charge < -0.3 is 5.73 Å². The SMILES string of the molecule is [N-]=[N+]=NCCC=Cc1ccc(C(=N)N)cc1. The van der Waals surface area contributed by atoms with Crippen molar-refractivity contribution in [1.29, 1.82) is 5.41 Å². The lowest BCUT2D eigenvalue weighted by molar-refractivity contribution is 0.996. The van der Waals surface area contributed by atoms with Crippen molar-refractivity contribution in [3.05, 3.63) is 51.9 Å². The van der Waals surface area contributed by atoms with E-state index in [2.05, 4.69) is 10.0 Å². The molecule has 5 nitrogen and oxygen atoms in total. The smallest absolute Gasteiger partial charge is 0.122 e. The maximum atomic E-state index is 8.07. The van der Waals surface area contributed by atoms with Gasteiger partial charge in [-0.1, -0.05) is 41.5 Å². The fourth-order valence-electron chi connectivity index (χ4n) is 1.17. The Morgan fingerprint density at radius 3 is 2.69 bits per heavy atom. The van der Waals surface area contributed by atoms with Crippen LogP contribution >= 0.6 is 0 Å². The Kier molecular flexibility index (Phi) is 4.63. The molecule has 0 unspecified atom stereocenters. The van der Waals surface area contributed by atoms with Gasteiger partial charge in [-0.05, 0) is 17.5 Å². The number of hydrogen-bond donors (Lipinski definition) is 2. The molecule has 5 heteroatoms. The number of nitrogen functional groups attached to an aromatic ring is 1. The highest BCUT2D eigenvalue weighted by Gasteiger charge is 1.93. The first-order valence-corrected chi connectivity index (χ1v) is 4.86. The molecular weight excluding hydrogens is 202 g/mol. The number of benzene rings is 1. The summed E-state index contributed by atoms with van der Waals surface area (Å²) in [5, 5.41) is 10.7. The van der Waals surface area contributed by atoms with Gasteiger partial charge in [0.2, 0.25) is 0 Å². The second kappa shape index (κ2) is 6.27. The molecule has 1 aromatic rings. The van der Waals surface area contributed by atoms with E-state index in [1.807, 2.05) is 24.3 Å². The van der Waals surface area contributed by atoms with Crippen molar-refractivity contribution in [2.75, 3.05) is 6.54 Å². The van der Waals surface area contributed by atoms with Crippen molar-refractivity contribution < 1.29 is 0 Å². The van der Waals surface area contributed by atoms with Crippen LogP contribution in [0.15, 0.2) is 35.5 Å². The number of nitrogens with zero attached hydrogens (tertiary/aromatic N) is 3. The van der Waals surface area contributed by atoms with Crippen LogP contribution in [0.4, 0.5) is 0 Å². The summed E-state index contributed by atoms with van der Waals surface area (Å²) in [4.78, 5) is 2.66. The van der Waals surface area contributed by atoms with E-state index >= 15 is 0 Å². The molecule has 0 fully saturated rings. The third kappa shape index (κ3) is 3.86. The highest BCUT2D eigenvalue weighted by molar-refractivity contribution is 5.95. The Bertz CT molecular complexity index is 426. The normalized spacial score (nSPS) is 10.0. The van der Waals surface area contributed by atoms with Gasteiger partial charge in [0, 0.05) is 17.0 Å². The number of rotatable bonds is 5. The van der Waals surface area contributed by atoms with Crippen LogP contribution in [-0.4, -0.2) is 12.4 Å². The van der Waals surface area contributed by atoms with E-state index in [1.54, 1.807) is 12.1 Å². The lowest BCUT2D eigenvalue weighted by atomic mass is 10.1. The Morgan fingerprint density at radius 1 is 1.44 bits per heavy atom. The van der Waals surface area contributed by atoms with E-state index in [4.69, 9.17) is 16.7 Å². The second-order valence-corrected chi connectivity index (χ2v) is 3.18. The molecule has 16 heavy (non-hydrogen) atoms. The third-order valence-corrected chi connectivity index (χ3v) is 1.99. The van der Waals surface area contributed by atoms with E-state index in [9.17, 15) is 0 Å². The summed E-state index contributed by atoms with van der Waals surface area (Å²) < 4.78 is 0. The van der Waals surface area contributed by atoms with Gasteiger partial charge in [0.05, 0.1) is 0 Å². The number of hydrogen-bond acceptors (Lipinski definition) is 2. The quantitative estimate of drug-likeness (QED) is 0.194. The first-order chi connectivity index (χ1) is 7.74. The minimum atomic E-state index is 0.0684. The third-order valence-electron chi connectivity index (χ3n) is 1.99. The van der Waals surface area contributed by atoms with E-state index in [-0.39, 0.29) is 5.84 Å². The van der Waals surface area contributed by atoms with Gasteiger partial charge in [-0.3, -0.25) is 5.41 Å². The van der Waals surface area contributed by atoms with Crippen LogP contribution in [0.1, 0.15) is 17.5 Å². The zero-order chi connectivity index (χ0) is 11.8. The van der Waals surface area contributed by atoms with Gasteiger partial charge >= 0.3 is 0 Å². The first kappa shape index (κ1) is 11.8. The monoisotopic (exact) mass is 215 g/mol. The Balaban J connectivity index is 2.54. The number of nitrogens with one attached hydrogen (secondary N) is 1. The zero-order valence-corrected chi connectivity index (χ0v) is 8.80. The van der Waals surface area contributed by atoms with E-state index < -0.39 is 0 Å². The molecule has 1 rings (SSSR count). The lowest BCUT2D eigenvalue weighted by Gasteiger charge is -1.98. The summed E-state index contributed by atoms with van der Waals surface area (Å²) in [6.45, 7) is 0.471. The van der Waals surface area contributed by atoms with Gasteiger partial charge in [-0.25, -0.2) is 0 Å². The van der Waals surface area contributed by atoms with Crippen LogP contribution in [0.2, 0.25) is 0 Å². The molecule has 1 aromatic carbocycles. The van der Waals surface area contributed by atoms with E-state index in [0.717, 1.165) is 12.0 Å². The predicted molar refractivity (Wildman–Crippen MR) is 65.1 cm³/mol. The summed E-state index contributed by atoms with van der Waals surface area (Å²) in [6, 6.07) is 7.38. The topological polar surface area (TPSA) is 98.6 Å². The summed E-state index contributed by atoms with van der Waals surface area (Å²) in [6.07, 6.45) is 4.60. The highest BCUT2D eigenvalue weighted by atomic mass is 15.1. The molecule has 0 radical (unpaired) electrons. The van der Waals surface area contributed by atoms with Crippen molar-refractivity contribution in [3.8, 4) is 0 Å².